The lowest BCUT2D eigenvalue weighted by atomic mass is 10.1. The number of carboxylic acids is 1. The SMILES string of the molecule is O=C(O)C1CCN(C(=O)C2CCCCS2(=O)=O)C1. The van der Waals surface area contributed by atoms with Crippen molar-refractivity contribution in [2.45, 2.75) is 30.9 Å². The van der Waals surface area contributed by atoms with Crippen molar-refractivity contribution >= 4 is 21.7 Å². The highest BCUT2D eigenvalue weighted by molar-refractivity contribution is 7.92. The fraction of sp³-hybridized carbons (Fsp3) is 0.818. The number of aliphatic carboxylic acids is 1. The van der Waals surface area contributed by atoms with Crippen molar-refractivity contribution in [3.63, 3.8) is 0 Å². The number of carbonyl (C=O) groups excluding carboxylic acids is 1. The number of likely N-dealkylation sites (tertiary alicyclic amines) is 1. The third-order valence-electron chi connectivity index (χ3n) is 3.70. The van der Waals surface area contributed by atoms with E-state index in [1.807, 2.05) is 0 Å². The molecule has 0 aliphatic carbocycles. The van der Waals surface area contributed by atoms with E-state index in [9.17, 15) is 18.0 Å². The molecule has 0 radical (unpaired) electrons. The minimum atomic E-state index is -3.34. The summed E-state index contributed by atoms with van der Waals surface area (Å²) in [6.45, 7) is 0.488. The van der Waals surface area contributed by atoms with Gasteiger partial charge in [-0.05, 0) is 19.3 Å². The minimum Gasteiger partial charge on any atom is -0.481 e. The van der Waals surface area contributed by atoms with Crippen molar-refractivity contribution in [3.05, 3.63) is 0 Å². The standard InChI is InChI=1S/C11H17NO5S/c13-10(9-3-1-2-6-18(9,16)17)12-5-4-8(7-12)11(14)15/h8-9H,1-7H2,(H,14,15). The second kappa shape index (κ2) is 4.87. The van der Waals surface area contributed by atoms with Crippen LogP contribution in [0.2, 0.25) is 0 Å². The summed E-state index contributed by atoms with van der Waals surface area (Å²) in [7, 11) is -3.34. The molecule has 2 saturated heterocycles. The Morgan fingerprint density at radius 1 is 1.17 bits per heavy atom. The maximum absolute atomic E-state index is 12.1. The highest BCUT2D eigenvalue weighted by Crippen LogP contribution is 2.24. The van der Waals surface area contributed by atoms with Crippen molar-refractivity contribution in [1.29, 1.82) is 0 Å². The molecule has 1 N–H and O–H groups in total. The van der Waals surface area contributed by atoms with Gasteiger partial charge in [-0.15, -0.1) is 0 Å². The zero-order valence-corrected chi connectivity index (χ0v) is 10.9. The van der Waals surface area contributed by atoms with Crippen molar-refractivity contribution < 1.29 is 23.1 Å². The van der Waals surface area contributed by atoms with Crippen LogP contribution < -0.4 is 0 Å². The Balaban J connectivity index is 2.06. The van der Waals surface area contributed by atoms with E-state index in [0.717, 1.165) is 6.42 Å². The van der Waals surface area contributed by atoms with E-state index in [0.29, 0.717) is 25.8 Å². The van der Waals surface area contributed by atoms with E-state index in [1.165, 1.54) is 4.90 Å². The van der Waals surface area contributed by atoms with Crippen LogP contribution in [0.1, 0.15) is 25.7 Å². The molecule has 0 aromatic heterocycles. The van der Waals surface area contributed by atoms with Crippen LogP contribution in [0.3, 0.4) is 0 Å². The number of rotatable bonds is 2. The molecule has 102 valence electrons. The normalized spacial score (nSPS) is 31.2. The largest absolute Gasteiger partial charge is 0.481 e. The molecular weight excluding hydrogens is 258 g/mol. The van der Waals surface area contributed by atoms with Crippen LogP contribution in [0.5, 0.6) is 0 Å². The van der Waals surface area contributed by atoms with Crippen LogP contribution in [-0.4, -0.2) is 54.4 Å². The number of carboxylic acid groups (broad SMARTS) is 1. The van der Waals surface area contributed by atoms with Gasteiger partial charge < -0.3 is 10.0 Å². The predicted octanol–water partition coefficient (Wildman–Crippen LogP) is -0.113. The Bertz CT molecular complexity index is 458. The third kappa shape index (κ3) is 2.50. The molecular formula is C11H17NO5S. The quantitative estimate of drug-likeness (QED) is 0.759. The van der Waals surface area contributed by atoms with Gasteiger partial charge in [0, 0.05) is 13.1 Å². The van der Waals surface area contributed by atoms with E-state index >= 15 is 0 Å². The first-order valence-electron chi connectivity index (χ1n) is 6.15. The van der Waals surface area contributed by atoms with Crippen molar-refractivity contribution in [3.8, 4) is 0 Å². The molecule has 18 heavy (non-hydrogen) atoms. The van der Waals surface area contributed by atoms with Gasteiger partial charge in [-0.3, -0.25) is 9.59 Å². The van der Waals surface area contributed by atoms with Crippen LogP contribution in [0.15, 0.2) is 0 Å². The summed E-state index contributed by atoms with van der Waals surface area (Å²) in [4.78, 5) is 24.4. The molecule has 2 aliphatic rings. The number of sulfone groups is 1. The average molecular weight is 275 g/mol. The Kier molecular flexibility index (Phi) is 3.61. The number of hydrogen-bond acceptors (Lipinski definition) is 4. The van der Waals surface area contributed by atoms with E-state index in [1.54, 1.807) is 0 Å². The molecule has 2 unspecified atom stereocenters. The maximum Gasteiger partial charge on any atom is 0.308 e. The van der Waals surface area contributed by atoms with E-state index < -0.39 is 32.9 Å². The van der Waals surface area contributed by atoms with Gasteiger partial charge in [-0.2, -0.15) is 0 Å². The fourth-order valence-corrected chi connectivity index (χ4v) is 4.47. The molecule has 0 aromatic rings. The highest BCUT2D eigenvalue weighted by atomic mass is 32.2. The summed E-state index contributed by atoms with van der Waals surface area (Å²) in [6, 6.07) is 0. The second-order valence-electron chi connectivity index (χ2n) is 4.96. The first-order chi connectivity index (χ1) is 8.42. The van der Waals surface area contributed by atoms with E-state index in [2.05, 4.69) is 0 Å². The summed E-state index contributed by atoms with van der Waals surface area (Å²) in [5.41, 5.74) is 0. The molecule has 2 heterocycles. The van der Waals surface area contributed by atoms with Crippen LogP contribution in [0.25, 0.3) is 0 Å². The summed E-state index contributed by atoms with van der Waals surface area (Å²) < 4.78 is 23.7. The fourth-order valence-electron chi connectivity index (χ4n) is 2.60. The number of nitrogens with zero attached hydrogens (tertiary/aromatic N) is 1. The van der Waals surface area contributed by atoms with Gasteiger partial charge in [0.1, 0.15) is 5.25 Å². The first-order valence-corrected chi connectivity index (χ1v) is 7.86. The molecule has 1 amide bonds. The summed E-state index contributed by atoms with van der Waals surface area (Å²) in [5.74, 6) is -1.81. The van der Waals surface area contributed by atoms with Crippen molar-refractivity contribution in [2.75, 3.05) is 18.8 Å². The van der Waals surface area contributed by atoms with Crippen LogP contribution >= 0.6 is 0 Å². The number of carbonyl (C=O) groups is 2. The lowest BCUT2D eigenvalue weighted by molar-refractivity contribution is -0.141. The van der Waals surface area contributed by atoms with Gasteiger partial charge in [0.2, 0.25) is 5.91 Å². The molecule has 6 nitrogen and oxygen atoms in total. The van der Waals surface area contributed by atoms with Crippen LogP contribution in [0, 0.1) is 5.92 Å². The highest BCUT2D eigenvalue weighted by Gasteiger charge is 2.40. The van der Waals surface area contributed by atoms with E-state index in [-0.39, 0.29) is 12.3 Å². The minimum absolute atomic E-state index is 0.0691. The van der Waals surface area contributed by atoms with Crippen LogP contribution in [-0.2, 0) is 19.4 Å². The average Bonchev–Trinajstić information content (AvgIpc) is 2.77. The smallest absolute Gasteiger partial charge is 0.308 e. The predicted molar refractivity (Wildman–Crippen MR) is 63.7 cm³/mol. The number of amides is 1. The topological polar surface area (TPSA) is 91.8 Å². The zero-order chi connectivity index (χ0) is 13.3. The molecule has 0 spiro atoms. The lowest BCUT2D eigenvalue weighted by Crippen LogP contribution is -2.44. The Morgan fingerprint density at radius 2 is 1.89 bits per heavy atom. The second-order valence-corrected chi connectivity index (χ2v) is 7.26. The molecule has 0 bridgehead atoms. The summed E-state index contributed by atoms with van der Waals surface area (Å²) in [5, 5.41) is 7.92. The van der Waals surface area contributed by atoms with Crippen molar-refractivity contribution in [1.82, 2.24) is 4.90 Å². The molecule has 2 atom stereocenters. The molecule has 0 saturated carbocycles. The summed E-state index contributed by atoms with van der Waals surface area (Å²) in [6.07, 6.45) is 2.14. The third-order valence-corrected chi connectivity index (χ3v) is 5.87. The number of hydrogen-bond donors (Lipinski definition) is 1. The van der Waals surface area contributed by atoms with Crippen molar-refractivity contribution in [2.24, 2.45) is 5.92 Å². The van der Waals surface area contributed by atoms with Gasteiger partial charge in [0.15, 0.2) is 9.84 Å². The molecule has 0 aromatic carbocycles. The molecule has 7 heteroatoms. The Morgan fingerprint density at radius 3 is 2.44 bits per heavy atom. The van der Waals surface area contributed by atoms with Gasteiger partial charge in [-0.1, -0.05) is 6.42 Å². The summed E-state index contributed by atoms with van der Waals surface area (Å²) >= 11 is 0. The van der Waals surface area contributed by atoms with Gasteiger partial charge in [0.05, 0.1) is 11.7 Å². The Hall–Kier alpha value is -1.11. The van der Waals surface area contributed by atoms with Crippen LogP contribution in [0.4, 0.5) is 0 Å². The zero-order valence-electron chi connectivity index (χ0n) is 10.0. The Labute approximate surface area is 106 Å². The molecule has 2 fully saturated rings. The molecule has 2 aliphatic heterocycles. The van der Waals surface area contributed by atoms with Gasteiger partial charge in [0.25, 0.3) is 0 Å². The lowest BCUT2D eigenvalue weighted by Gasteiger charge is -2.26. The van der Waals surface area contributed by atoms with E-state index in [4.69, 9.17) is 5.11 Å². The first kappa shape index (κ1) is 13.3. The molecule has 2 rings (SSSR count). The monoisotopic (exact) mass is 275 g/mol. The maximum atomic E-state index is 12.1. The van der Waals surface area contributed by atoms with Gasteiger partial charge in [-0.25, -0.2) is 8.42 Å². The van der Waals surface area contributed by atoms with Gasteiger partial charge >= 0.3 is 5.97 Å².